The van der Waals surface area contributed by atoms with Crippen LogP contribution in [0.2, 0.25) is 0 Å². The molecule has 0 radical (unpaired) electrons. The molecule has 1 fully saturated rings. The van der Waals surface area contributed by atoms with E-state index in [2.05, 4.69) is 47.1 Å². The maximum absolute atomic E-state index is 5.71. The fourth-order valence-corrected chi connectivity index (χ4v) is 3.79. The number of thiazole rings is 1. The molecule has 0 bridgehead atoms. The highest BCUT2D eigenvalue weighted by Gasteiger charge is 2.26. The van der Waals surface area contributed by atoms with E-state index in [1.165, 1.54) is 23.3 Å². The van der Waals surface area contributed by atoms with Crippen LogP contribution < -0.4 is 5.73 Å². The van der Waals surface area contributed by atoms with Crippen LogP contribution in [0.5, 0.6) is 0 Å². The number of hydrogen-bond donors (Lipinski definition) is 1. The molecule has 0 amide bonds. The zero-order valence-corrected chi connectivity index (χ0v) is 13.9. The van der Waals surface area contributed by atoms with Gasteiger partial charge in [0.2, 0.25) is 0 Å². The van der Waals surface area contributed by atoms with Crippen LogP contribution in [0.3, 0.4) is 0 Å². The lowest BCUT2D eigenvalue weighted by Gasteiger charge is -2.37. The van der Waals surface area contributed by atoms with E-state index in [0.717, 1.165) is 13.1 Å². The van der Waals surface area contributed by atoms with Crippen LogP contribution in [0.4, 0.5) is 5.13 Å². The van der Waals surface area contributed by atoms with Gasteiger partial charge in [0.1, 0.15) is 0 Å². The predicted octanol–water partition coefficient (Wildman–Crippen LogP) is 3.92. The van der Waals surface area contributed by atoms with E-state index < -0.39 is 0 Å². The maximum Gasteiger partial charge on any atom is 0.180 e. The summed E-state index contributed by atoms with van der Waals surface area (Å²) in [6.45, 7) is 4.47. The average molecular weight is 324 g/mol. The average Bonchev–Trinajstić information content (AvgIpc) is 2.87. The topological polar surface area (TPSA) is 42.2 Å². The lowest BCUT2D eigenvalue weighted by molar-refractivity contribution is 0.140. The van der Waals surface area contributed by atoms with Crippen LogP contribution in [-0.4, -0.2) is 22.5 Å². The number of aromatic nitrogens is 1. The minimum Gasteiger partial charge on any atom is -0.375 e. The molecule has 0 spiro atoms. The molecule has 2 N–H and O–H groups in total. The molecule has 3 rings (SSSR count). The Morgan fingerprint density at radius 1 is 1.33 bits per heavy atom. The molecule has 3 nitrogen and oxygen atoms in total. The maximum atomic E-state index is 5.71. The van der Waals surface area contributed by atoms with E-state index in [9.17, 15) is 0 Å². The highest BCUT2D eigenvalue weighted by molar-refractivity contribution is 7.15. The number of likely N-dealkylation sites (tertiary alicyclic amines) is 1. The summed E-state index contributed by atoms with van der Waals surface area (Å²) < 4.78 is 0. The zero-order chi connectivity index (χ0) is 13.9. The molecule has 1 aliphatic rings. The molecule has 0 saturated carbocycles. The third kappa shape index (κ3) is 3.96. The SMILES string of the molecule is CC1CC(c2ccccc2)CCN1Cc1cnc(N)s1.Cl. The van der Waals surface area contributed by atoms with E-state index in [1.54, 1.807) is 11.3 Å². The number of anilines is 1. The normalized spacial score (nSPS) is 22.7. The second-order valence-corrected chi connectivity index (χ2v) is 6.76. The largest absolute Gasteiger partial charge is 0.375 e. The molecule has 2 heterocycles. The van der Waals surface area contributed by atoms with Gasteiger partial charge in [-0.2, -0.15) is 0 Å². The van der Waals surface area contributed by atoms with Crippen molar-refractivity contribution in [2.24, 2.45) is 0 Å². The Bertz CT molecular complexity index is 558. The predicted molar refractivity (Wildman–Crippen MR) is 92.1 cm³/mol. The summed E-state index contributed by atoms with van der Waals surface area (Å²) in [6.07, 6.45) is 4.39. The van der Waals surface area contributed by atoms with Crippen molar-refractivity contribution in [3.05, 3.63) is 47.0 Å². The van der Waals surface area contributed by atoms with E-state index in [1.807, 2.05) is 6.20 Å². The van der Waals surface area contributed by atoms with Crippen LogP contribution in [0.25, 0.3) is 0 Å². The Labute approximate surface area is 136 Å². The Morgan fingerprint density at radius 2 is 2.10 bits per heavy atom. The second-order valence-electron chi connectivity index (χ2n) is 5.62. The van der Waals surface area contributed by atoms with E-state index >= 15 is 0 Å². The van der Waals surface area contributed by atoms with E-state index in [0.29, 0.717) is 17.1 Å². The number of nitrogen functional groups attached to an aromatic ring is 1. The molecule has 21 heavy (non-hydrogen) atoms. The lowest BCUT2D eigenvalue weighted by atomic mass is 9.86. The Hall–Kier alpha value is -1.10. The van der Waals surface area contributed by atoms with Crippen molar-refractivity contribution in [1.82, 2.24) is 9.88 Å². The number of benzene rings is 1. The number of hydrogen-bond acceptors (Lipinski definition) is 4. The summed E-state index contributed by atoms with van der Waals surface area (Å²) in [5.41, 5.74) is 7.19. The lowest BCUT2D eigenvalue weighted by Crippen LogP contribution is -2.39. The van der Waals surface area contributed by atoms with Gasteiger partial charge < -0.3 is 5.73 Å². The molecule has 1 aromatic heterocycles. The highest BCUT2D eigenvalue weighted by atomic mass is 35.5. The molecule has 2 aromatic rings. The third-order valence-corrected chi connectivity index (χ3v) is 5.03. The number of nitrogens with two attached hydrogens (primary N) is 1. The van der Waals surface area contributed by atoms with Crippen molar-refractivity contribution in [3.63, 3.8) is 0 Å². The molecule has 114 valence electrons. The Balaban J connectivity index is 0.00000161. The fourth-order valence-electron chi connectivity index (χ4n) is 3.08. The minimum atomic E-state index is 0. The van der Waals surface area contributed by atoms with Crippen molar-refractivity contribution in [3.8, 4) is 0 Å². The first-order valence-corrected chi connectivity index (χ1v) is 8.03. The summed E-state index contributed by atoms with van der Waals surface area (Å²) in [4.78, 5) is 7.96. The summed E-state index contributed by atoms with van der Waals surface area (Å²) in [7, 11) is 0. The van der Waals surface area contributed by atoms with Gasteiger partial charge in [-0.05, 0) is 37.8 Å². The third-order valence-electron chi connectivity index (χ3n) is 4.22. The first-order valence-electron chi connectivity index (χ1n) is 7.21. The van der Waals surface area contributed by atoms with Crippen LogP contribution in [-0.2, 0) is 6.54 Å². The quantitative estimate of drug-likeness (QED) is 0.931. The van der Waals surface area contributed by atoms with Gasteiger partial charge in [-0.3, -0.25) is 4.90 Å². The van der Waals surface area contributed by atoms with E-state index in [-0.39, 0.29) is 12.4 Å². The molecular formula is C16H22ClN3S. The van der Waals surface area contributed by atoms with Crippen molar-refractivity contribution in [2.75, 3.05) is 12.3 Å². The van der Waals surface area contributed by atoms with Gasteiger partial charge in [-0.25, -0.2) is 4.98 Å². The number of rotatable bonds is 3. The summed E-state index contributed by atoms with van der Waals surface area (Å²) in [6, 6.07) is 11.5. The minimum absolute atomic E-state index is 0. The van der Waals surface area contributed by atoms with Crippen molar-refractivity contribution in [2.45, 2.75) is 38.3 Å². The van der Waals surface area contributed by atoms with E-state index in [4.69, 9.17) is 5.73 Å². The summed E-state index contributed by atoms with van der Waals surface area (Å²) in [5, 5.41) is 0.673. The van der Waals surface area contributed by atoms with Gasteiger partial charge >= 0.3 is 0 Å². The summed E-state index contributed by atoms with van der Waals surface area (Å²) >= 11 is 1.61. The van der Waals surface area contributed by atoms with Gasteiger partial charge in [0.25, 0.3) is 0 Å². The Kier molecular flexibility index (Phi) is 5.62. The molecule has 1 aromatic carbocycles. The standard InChI is InChI=1S/C16H21N3S.ClH/c1-12-9-14(13-5-3-2-4-6-13)7-8-19(12)11-15-10-18-16(17)20-15;/h2-6,10,12,14H,7-9,11H2,1H3,(H2,17,18);1H. The molecular weight excluding hydrogens is 302 g/mol. The first kappa shape index (κ1) is 16.3. The summed E-state index contributed by atoms with van der Waals surface area (Å²) in [5.74, 6) is 0.703. The molecule has 1 aliphatic heterocycles. The zero-order valence-electron chi connectivity index (χ0n) is 12.2. The van der Waals surface area contributed by atoms with Crippen LogP contribution in [0.15, 0.2) is 36.5 Å². The second kappa shape index (κ2) is 7.25. The molecule has 2 atom stereocenters. The van der Waals surface area contributed by atoms with Gasteiger partial charge in [-0.15, -0.1) is 23.7 Å². The fraction of sp³-hybridized carbons (Fsp3) is 0.438. The van der Waals surface area contributed by atoms with Gasteiger partial charge in [0.05, 0.1) is 0 Å². The number of halogens is 1. The smallest absolute Gasteiger partial charge is 0.180 e. The van der Waals surface area contributed by atoms with Crippen molar-refractivity contribution < 1.29 is 0 Å². The van der Waals surface area contributed by atoms with Gasteiger partial charge in [-0.1, -0.05) is 30.3 Å². The van der Waals surface area contributed by atoms with Crippen LogP contribution in [0, 0.1) is 0 Å². The van der Waals surface area contributed by atoms with Crippen molar-refractivity contribution in [1.29, 1.82) is 0 Å². The van der Waals surface area contributed by atoms with Gasteiger partial charge in [0, 0.05) is 23.7 Å². The number of piperidine rings is 1. The van der Waals surface area contributed by atoms with Crippen molar-refractivity contribution >= 4 is 28.9 Å². The van der Waals surface area contributed by atoms with Crippen LogP contribution in [0.1, 0.15) is 36.1 Å². The van der Waals surface area contributed by atoms with Crippen LogP contribution >= 0.6 is 23.7 Å². The first-order chi connectivity index (χ1) is 9.72. The molecule has 5 heteroatoms. The molecule has 0 aliphatic carbocycles. The highest BCUT2D eigenvalue weighted by Crippen LogP contribution is 2.32. The monoisotopic (exact) mass is 323 g/mol. The molecule has 1 saturated heterocycles. The Morgan fingerprint density at radius 3 is 2.71 bits per heavy atom. The number of nitrogens with zero attached hydrogens (tertiary/aromatic N) is 2. The van der Waals surface area contributed by atoms with Gasteiger partial charge in [0.15, 0.2) is 5.13 Å². The molecule has 2 unspecified atom stereocenters.